The summed E-state index contributed by atoms with van der Waals surface area (Å²) in [6, 6.07) is 1.04. The maximum atomic E-state index is 11.8. The molecule has 4 rings (SSSR count). The van der Waals surface area contributed by atoms with Crippen molar-refractivity contribution < 1.29 is 34.9 Å². The predicted octanol–water partition coefficient (Wildman–Crippen LogP) is -0.824. The number of hydrogen-bond donors (Lipinski definition) is 6. The maximum absolute atomic E-state index is 11.8. The molecule has 0 aliphatic carbocycles. The number of hydrogen-bond acceptors (Lipinski definition) is 11. The molecule has 1 saturated heterocycles. The molecule has 2 aliphatic heterocycles. The van der Waals surface area contributed by atoms with Crippen LogP contribution in [0.25, 0.3) is 5.78 Å². The highest BCUT2D eigenvalue weighted by Crippen LogP contribution is 2.36. The van der Waals surface area contributed by atoms with Crippen molar-refractivity contribution >= 4 is 47.3 Å². The second kappa shape index (κ2) is 9.48. The molecule has 0 radical (unpaired) electrons. The molecule has 2 aromatic rings. The van der Waals surface area contributed by atoms with Crippen LogP contribution in [-0.2, 0) is 11.4 Å². The molecule has 31 heavy (non-hydrogen) atoms. The van der Waals surface area contributed by atoms with E-state index in [2.05, 4.69) is 15.1 Å². The Labute approximate surface area is 182 Å². The number of nitrogens with one attached hydrogen (secondary N) is 1. The zero-order chi connectivity index (χ0) is 22.7. The van der Waals surface area contributed by atoms with E-state index in [9.17, 15) is 14.7 Å². The first-order valence-electron chi connectivity index (χ1n) is 8.50. The number of thioether (sulfide) groups is 2. The highest BCUT2D eigenvalue weighted by molar-refractivity contribution is 8.01. The van der Waals surface area contributed by atoms with Gasteiger partial charge < -0.3 is 26.0 Å². The van der Waals surface area contributed by atoms with E-state index in [0.29, 0.717) is 10.8 Å². The van der Waals surface area contributed by atoms with Crippen molar-refractivity contribution in [2.45, 2.75) is 23.0 Å². The van der Waals surface area contributed by atoms with Crippen molar-refractivity contribution in [1.29, 1.82) is 0 Å². The van der Waals surface area contributed by atoms with Crippen LogP contribution < -0.4 is 11.2 Å². The summed E-state index contributed by atoms with van der Waals surface area (Å²) in [5.74, 6) is 0.731. The SMILES string of the molecule is N[C@@H]1C(=O)N2C=C(CSc3cc(C(=O)NO)nc4nc(CO)nn34)CS[C@H]12.O=C(O)O. The largest absolute Gasteiger partial charge is 0.503 e. The summed E-state index contributed by atoms with van der Waals surface area (Å²) in [7, 11) is 0. The third kappa shape index (κ3) is 4.88. The summed E-state index contributed by atoms with van der Waals surface area (Å²) < 4.78 is 1.43. The van der Waals surface area contributed by atoms with Crippen molar-refractivity contribution in [1.82, 2.24) is 30.0 Å². The number of fused-ring (bicyclic) bond motifs is 2. The first kappa shape index (κ1) is 22.8. The quantitative estimate of drug-likeness (QED) is 0.103. The lowest BCUT2D eigenvalue weighted by atomic mass is 10.1. The fourth-order valence-electron chi connectivity index (χ4n) is 2.73. The number of nitrogens with zero attached hydrogens (tertiary/aromatic N) is 5. The molecule has 2 amide bonds. The van der Waals surface area contributed by atoms with Crippen LogP contribution in [0.15, 0.2) is 22.9 Å². The monoisotopic (exact) mass is 471 g/mol. The molecule has 0 unspecified atom stereocenters. The van der Waals surface area contributed by atoms with Crippen LogP contribution in [0.3, 0.4) is 0 Å². The molecule has 2 atom stereocenters. The zero-order valence-electron chi connectivity index (χ0n) is 15.6. The predicted molar refractivity (Wildman–Crippen MR) is 106 cm³/mol. The number of β-lactam (4-membered cyclic amide) rings is 1. The fraction of sp³-hybridized carbons (Fsp3) is 0.333. The Morgan fingerprint density at radius 3 is 2.71 bits per heavy atom. The number of amides is 2. The third-order valence-corrected chi connectivity index (χ3v) is 6.59. The Morgan fingerprint density at radius 2 is 2.06 bits per heavy atom. The minimum absolute atomic E-state index is 0.00108. The summed E-state index contributed by atoms with van der Waals surface area (Å²) in [6.45, 7) is -0.366. The molecule has 2 aromatic heterocycles. The van der Waals surface area contributed by atoms with E-state index in [1.165, 1.54) is 27.8 Å². The lowest BCUT2D eigenvalue weighted by molar-refractivity contribution is -0.140. The summed E-state index contributed by atoms with van der Waals surface area (Å²) in [4.78, 5) is 41.8. The first-order chi connectivity index (χ1) is 14.7. The smallest absolute Gasteiger partial charge is 0.450 e. The van der Waals surface area contributed by atoms with Gasteiger partial charge in [-0.05, 0) is 5.57 Å². The van der Waals surface area contributed by atoms with Gasteiger partial charge in [-0.25, -0.2) is 15.3 Å². The number of aliphatic hydroxyl groups excluding tert-OH is 1. The molecule has 0 saturated carbocycles. The molecular formula is C15H17N7O7S2. The minimum Gasteiger partial charge on any atom is -0.450 e. The molecule has 0 aromatic carbocycles. The maximum Gasteiger partial charge on any atom is 0.503 e. The normalized spacial score (nSPS) is 19.6. The van der Waals surface area contributed by atoms with E-state index in [4.69, 9.17) is 25.9 Å². The van der Waals surface area contributed by atoms with Crippen LogP contribution in [0.4, 0.5) is 4.79 Å². The van der Waals surface area contributed by atoms with Gasteiger partial charge in [0.1, 0.15) is 28.7 Å². The highest BCUT2D eigenvalue weighted by atomic mass is 32.2. The Hall–Kier alpha value is -2.92. The van der Waals surface area contributed by atoms with E-state index >= 15 is 0 Å². The molecule has 166 valence electrons. The highest BCUT2D eigenvalue weighted by Gasteiger charge is 2.46. The van der Waals surface area contributed by atoms with Gasteiger partial charge in [-0.2, -0.15) is 9.50 Å². The Balaban J connectivity index is 0.000000628. The van der Waals surface area contributed by atoms with Crippen LogP contribution in [0.2, 0.25) is 0 Å². The summed E-state index contributed by atoms with van der Waals surface area (Å²) in [5.41, 5.74) is 8.31. The minimum atomic E-state index is -1.83. The van der Waals surface area contributed by atoms with Crippen molar-refractivity contribution in [2.75, 3.05) is 11.5 Å². The average Bonchev–Trinajstić information content (AvgIpc) is 3.19. The van der Waals surface area contributed by atoms with Gasteiger partial charge in [0.05, 0.1) is 0 Å². The number of carbonyl (C=O) groups excluding carboxylic acids is 2. The molecule has 7 N–H and O–H groups in total. The van der Waals surface area contributed by atoms with Crippen LogP contribution >= 0.6 is 23.5 Å². The summed E-state index contributed by atoms with van der Waals surface area (Å²) >= 11 is 2.99. The van der Waals surface area contributed by atoms with E-state index in [-0.39, 0.29) is 35.2 Å². The fourth-order valence-corrected chi connectivity index (χ4v) is 5.02. The van der Waals surface area contributed by atoms with Gasteiger partial charge in [-0.3, -0.25) is 14.8 Å². The van der Waals surface area contributed by atoms with Gasteiger partial charge >= 0.3 is 6.16 Å². The Bertz CT molecular complexity index is 1060. The lowest BCUT2D eigenvalue weighted by Crippen LogP contribution is -2.66. The van der Waals surface area contributed by atoms with Gasteiger partial charge in [0.25, 0.3) is 11.7 Å². The second-order valence-corrected chi connectivity index (χ2v) is 8.25. The molecule has 4 heterocycles. The molecule has 0 bridgehead atoms. The molecule has 14 nitrogen and oxygen atoms in total. The zero-order valence-corrected chi connectivity index (χ0v) is 17.2. The average molecular weight is 471 g/mol. The van der Waals surface area contributed by atoms with Crippen LogP contribution in [0, 0.1) is 0 Å². The topological polar surface area (TPSA) is 216 Å². The molecular weight excluding hydrogens is 454 g/mol. The number of carboxylic acid groups (broad SMARTS) is 2. The van der Waals surface area contributed by atoms with E-state index in [1.54, 1.807) is 16.7 Å². The molecule has 16 heteroatoms. The summed E-state index contributed by atoms with van der Waals surface area (Å²) in [6.07, 6.45) is -0.0138. The number of hydroxylamine groups is 1. The number of nitrogens with two attached hydrogens (primary N) is 1. The van der Waals surface area contributed by atoms with Gasteiger partial charge in [-0.15, -0.1) is 28.6 Å². The van der Waals surface area contributed by atoms with Crippen LogP contribution in [0.5, 0.6) is 0 Å². The lowest BCUT2D eigenvalue weighted by Gasteiger charge is -2.45. The van der Waals surface area contributed by atoms with Gasteiger partial charge in [0.2, 0.25) is 5.91 Å². The number of aliphatic hydroxyl groups is 1. The Kier molecular flexibility index (Phi) is 6.96. The van der Waals surface area contributed by atoms with Crippen molar-refractivity contribution in [3.8, 4) is 0 Å². The van der Waals surface area contributed by atoms with E-state index < -0.39 is 18.1 Å². The van der Waals surface area contributed by atoms with Crippen molar-refractivity contribution in [3.05, 3.63) is 29.4 Å². The van der Waals surface area contributed by atoms with Gasteiger partial charge in [0, 0.05) is 23.8 Å². The van der Waals surface area contributed by atoms with E-state index in [0.717, 1.165) is 11.3 Å². The van der Waals surface area contributed by atoms with Gasteiger partial charge in [0.15, 0.2) is 5.82 Å². The van der Waals surface area contributed by atoms with Gasteiger partial charge in [-0.1, -0.05) is 0 Å². The molecule has 1 fully saturated rings. The van der Waals surface area contributed by atoms with Crippen LogP contribution in [0.1, 0.15) is 16.3 Å². The van der Waals surface area contributed by atoms with E-state index in [1.807, 2.05) is 6.20 Å². The third-order valence-electron chi connectivity index (χ3n) is 4.09. The number of carbonyl (C=O) groups is 3. The number of aromatic nitrogens is 4. The van der Waals surface area contributed by atoms with Crippen molar-refractivity contribution in [2.24, 2.45) is 5.73 Å². The first-order valence-corrected chi connectivity index (χ1v) is 10.5. The Morgan fingerprint density at radius 1 is 1.35 bits per heavy atom. The second-order valence-electron chi connectivity index (χ2n) is 6.15. The molecule has 2 aliphatic rings. The van der Waals surface area contributed by atoms with Crippen molar-refractivity contribution in [3.63, 3.8) is 0 Å². The summed E-state index contributed by atoms with van der Waals surface area (Å²) in [5, 5.41) is 36.8. The standard InChI is InChI=1S/C14H15N7O4S2.CH2O3/c15-10-12(24)20-2-6(5-27-13(10)20)4-26-9-1-7(11(23)19-25)16-14-17-8(3-22)18-21(9)14;2-1(3)4/h1-2,10,13,22,25H,3-5,15H2,(H,19,23);(H2,2,3,4)/t10-,13-;/m1./s1. The molecule has 0 spiro atoms. The number of rotatable bonds is 5. The van der Waals surface area contributed by atoms with Crippen LogP contribution in [-0.4, -0.2) is 85.9 Å².